The zero-order valence-electron chi connectivity index (χ0n) is 22.2. The van der Waals surface area contributed by atoms with Crippen LogP contribution in [0, 0.1) is 35.5 Å². The molecule has 0 aromatic rings. The van der Waals surface area contributed by atoms with Gasteiger partial charge in [0.2, 0.25) is 17.7 Å². The molecular weight excluding hydrogens is 476 g/mol. The Hall–Kier alpha value is -2.36. The monoisotopic (exact) mass is 520 g/mol. The number of hydrogen-bond donors (Lipinski definition) is 4. The summed E-state index contributed by atoms with van der Waals surface area (Å²) in [7, 11) is 0. The normalized spacial score (nSPS) is 30.5. The zero-order valence-corrected chi connectivity index (χ0v) is 22.2. The van der Waals surface area contributed by atoms with E-state index in [1.54, 1.807) is 0 Å². The van der Waals surface area contributed by atoms with Crippen LogP contribution in [-0.4, -0.2) is 78.8 Å². The smallest absolute Gasteiger partial charge is 0.407 e. The van der Waals surface area contributed by atoms with Crippen molar-refractivity contribution >= 4 is 23.8 Å². The van der Waals surface area contributed by atoms with Crippen molar-refractivity contribution in [1.29, 1.82) is 0 Å². The lowest BCUT2D eigenvalue weighted by Gasteiger charge is -2.27. The highest BCUT2D eigenvalue weighted by Gasteiger charge is 2.42. The average molecular weight is 521 g/mol. The SMILES string of the molecule is CC(C)C[C@H](NC(=O)OC[C@H]1CC(=O)N(C[C@@H]2C[C@@H]3CC[C@H]2C3)C1)C(=O)N[C@H](CO)C[C@@H]1CCNC1=O. The van der Waals surface area contributed by atoms with Crippen molar-refractivity contribution in [2.24, 2.45) is 35.5 Å². The highest BCUT2D eigenvalue weighted by molar-refractivity contribution is 5.86. The Morgan fingerprint density at radius 2 is 1.97 bits per heavy atom. The maximum absolute atomic E-state index is 13.0. The summed E-state index contributed by atoms with van der Waals surface area (Å²) in [6.07, 6.45) is 6.32. The summed E-state index contributed by atoms with van der Waals surface area (Å²) >= 11 is 0. The van der Waals surface area contributed by atoms with Gasteiger partial charge in [0.05, 0.1) is 19.3 Å². The number of likely N-dealkylation sites (tertiary alicyclic amines) is 1. The molecule has 0 radical (unpaired) electrons. The van der Waals surface area contributed by atoms with Crippen molar-refractivity contribution in [2.75, 3.05) is 32.8 Å². The second-order valence-corrected chi connectivity index (χ2v) is 12.1. The first-order valence-electron chi connectivity index (χ1n) is 14.1. The molecule has 10 nitrogen and oxygen atoms in total. The van der Waals surface area contributed by atoms with Crippen LogP contribution in [-0.2, 0) is 19.1 Å². The number of carbonyl (C=O) groups is 4. The molecule has 2 aliphatic heterocycles. The van der Waals surface area contributed by atoms with Crippen LogP contribution in [0.25, 0.3) is 0 Å². The zero-order chi connectivity index (χ0) is 26.5. The van der Waals surface area contributed by atoms with E-state index in [2.05, 4.69) is 16.0 Å². The summed E-state index contributed by atoms with van der Waals surface area (Å²) in [5.41, 5.74) is 0. The summed E-state index contributed by atoms with van der Waals surface area (Å²) in [6.45, 7) is 5.80. The Kier molecular flexibility index (Phi) is 9.31. The lowest BCUT2D eigenvalue weighted by atomic mass is 9.88. The fraction of sp³-hybridized carbons (Fsp3) is 0.852. The van der Waals surface area contributed by atoms with Crippen molar-refractivity contribution < 1.29 is 29.0 Å². The van der Waals surface area contributed by atoms with E-state index in [1.165, 1.54) is 25.7 Å². The van der Waals surface area contributed by atoms with E-state index in [9.17, 15) is 24.3 Å². The fourth-order valence-electron chi connectivity index (χ4n) is 6.80. The summed E-state index contributed by atoms with van der Waals surface area (Å²) in [5, 5.41) is 18.0. The Morgan fingerprint density at radius 1 is 1.16 bits per heavy atom. The molecule has 208 valence electrons. The number of fused-ring (bicyclic) bond motifs is 2. The third-order valence-corrected chi connectivity index (χ3v) is 8.70. The van der Waals surface area contributed by atoms with Gasteiger partial charge >= 0.3 is 6.09 Å². The second-order valence-electron chi connectivity index (χ2n) is 12.1. The minimum Gasteiger partial charge on any atom is -0.449 e. The Morgan fingerprint density at radius 3 is 2.59 bits per heavy atom. The van der Waals surface area contributed by atoms with Crippen molar-refractivity contribution in [3.63, 3.8) is 0 Å². The molecule has 4 fully saturated rings. The standard InChI is InChI=1S/C27H44N4O6/c1-16(2)7-23(26(35)29-22(14-32)11-20-5-6-28-25(20)34)30-27(36)37-15-18-10-24(33)31(12-18)13-21-9-17-3-4-19(21)8-17/h16-23,32H,3-15H2,1-2H3,(H,28,34)(H,29,35)(H,30,36)/t17-,18+,19+,20+,21+,22+,23+/m1/s1. The average Bonchev–Trinajstić information content (AvgIpc) is 3.63. The minimum atomic E-state index is -0.821. The molecule has 0 aromatic carbocycles. The van der Waals surface area contributed by atoms with Crippen LogP contribution in [0.1, 0.15) is 65.2 Å². The van der Waals surface area contributed by atoms with Crippen LogP contribution in [0.2, 0.25) is 0 Å². The Bertz CT molecular complexity index is 851. The van der Waals surface area contributed by atoms with Gasteiger partial charge in [0.15, 0.2) is 0 Å². The van der Waals surface area contributed by atoms with Gasteiger partial charge in [0, 0.05) is 37.9 Å². The molecule has 4 N–H and O–H groups in total. The number of nitrogens with zero attached hydrogens (tertiary/aromatic N) is 1. The van der Waals surface area contributed by atoms with Crippen LogP contribution in [0.5, 0.6) is 0 Å². The third kappa shape index (κ3) is 7.36. The molecule has 2 heterocycles. The van der Waals surface area contributed by atoms with Gasteiger partial charge in [0.25, 0.3) is 0 Å². The minimum absolute atomic E-state index is 0.0365. The van der Waals surface area contributed by atoms with Gasteiger partial charge < -0.3 is 30.7 Å². The van der Waals surface area contributed by atoms with Crippen molar-refractivity contribution in [2.45, 2.75) is 77.3 Å². The first-order valence-corrected chi connectivity index (χ1v) is 14.1. The van der Waals surface area contributed by atoms with E-state index in [1.807, 2.05) is 18.7 Å². The van der Waals surface area contributed by atoms with Gasteiger partial charge in [-0.25, -0.2) is 4.79 Å². The number of amides is 4. The molecule has 2 saturated heterocycles. The molecular formula is C27H44N4O6. The number of hydrogen-bond acceptors (Lipinski definition) is 6. The molecule has 0 unspecified atom stereocenters. The number of aliphatic hydroxyl groups is 1. The first kappa shape index (κ1) is 27.7. The maximum atomic E-state index is 13.0. The molecule has 0 spiro atoms. The molecule has 2 aliphatic carbocycles. The number of aliphatic hydroxyl groups excluding tert-OH is 1. The molecule has 7 atom stereocenters. The van der Waals surface area contributed by atoms with Crippen molar-refractivity contribution in [1.82, 2.24) is 20.9 Å². The van der Waals surface area contributed by atoms with Crippen LogP contribution < -0.4 is 16.0 Å². The van der Waals surface area contributed by atoms with Crippen LogP contribution in [0.3, 0.4) is 0 Å². The fourth-order valence-corrected chi connectivity index (χ4v) is 6.80. The van der Waals surface area contributed by atoms with E-state index < -0.39 is 24.1 Å². The van der Waals surface area contributed by atoms with E-state index in [-0.39, 0.29) is 42.8 Å². The number of rotatable bonds is 12. The van der Waals surface area contributed by atoms with E-state index >= 15 is 0 Å². The van der Waals surface area contributed by atoms with Gasteiger partial charge in [-0.05, 0) is 62.2 Å². The van der Waals surface area contributed by atoms with Crippen LogP contribution in [0.4, 0.5) is 4.79 Å². The number of nitrogens with one attached hydrogen (secondary N) is 3. The van der Waals surface area contributed by atoms with Crippen molar-refractivity contribution in [3.8, 4) is 0 Å². The molecule has 37 heavy (non-hydrogen) atoms. The van der Waals surface area contributed by atoms with Crippen LogP contribution in [0.15, 0.2) is 0 Å². The lowest BCUT2D eigenvalue weighted by Crippen LogP contribution is -2.51. The lowest BCUT2D eigenvalue weighted by molar-refractivity contribution is -0.128. The number of ether oxygens (including phenoxy) is 1. The number of carbonyl (C=O) groups excluding carboxylic acids is 4. The highest BCUT2D eigenvalue weighted by Crippen LogP contribution is 2.48. The van der Waals surface area contributed by atoms with E-state index in [4.69, 9.17) is 4.74 Å². The van der Waals surface area contributed by atoms with Crippen molar-refractivity contribution in [3.05, 3.63) is 0 Å². The summed E-state index contributed by atoms with van der Waals surface area (Å²) in [5.74, 6) is 1.76. The summed E-state index contributed by atoms with van der Waals surface area (Å²) < 4.78 is 5.45. The van der Waals surface area contributed by atoms with Crippen LogP contribution >= 0.6 is 0 Å². The largest absolute Gasteiger partial charge is 0.449 e. The van der Waals surface area contributed by atoms with Gasteiger partial charge in [-0.1, -0.05) is 20.3 Å². The quantitative estimate of drug-likeness (QED) is 0.307. The molecule has 2 saturated carbocycles. The highest BCUT2D eigenvalue weighted by atomic mass is 16.5. The van der Waals surface area contributed by atoms with Gasteiger partial charge in [0.1, 0.15) is 6.04 Å². The van der Waals surface area contributed by atoms with E-state index in [0.29, 0.717) is 44.7 Å². The molecule has 4 aliphatic rings. The predicted molar refractivity (Wildman–Crippen MR) is 136 cm³/mol. The second kappa shape index (κ2) is 12.5. The third-order valence-electron chi connectivity index (χ3n) is 8.70. The molecule has 0 aromatic heterocycles. The van der Waals surface area contributed by atoms with Gasteiger partial charge in [-0.3, -0.25) is 14.4 Å². The number of alkyl carbamates (subject to hydrolysis) is 1. The Balaban J connectivity index is 1.22. The van der Waals surface area contributed by atoms with E-state index in [0.717, 1.165) is 18.4 Å². The van der Waals surface area contributed by atoms with Gasteiger partial charge in [-0.2, -0.15) is 0 Å². The summed E-state index contributed by atoms with van der Waals surface area (Å²) in [6, 6.07) is -1.39. The molecule has 2 bridgehead atoms. The topological polar surface area (TPSA) is 137 Å². The predicted octanol–water partition coefficient (Wildman–Crippen LogP) is 1.42. The molecule has 4 amide bonds. The maximum Gasteiger partial charge on any atom is 0.407 e. The molecule has 4 rings (SSSR count). The Labute approximate surface area is 219 Å². The van der Waals surface area contributed by atoms with Gasteiger partial charge in [-0.15, -0.1) is 0 Å². The summed E-state index contributed by atoms with van der Waals surface area (Å²) in [4.78, 5) is 51.9. The molecule has 10 heteroatoms. The first-order chi connectivity index (χ1) is 17.7.